The molecule has 0 heterocycles. The third-order valence-corrected chi connectivity index (χ3v) is 2.42. The van der Waals surface area contributed by atoms with Crippen LogP contribution in [-0.4, -0.2) is 43.7 Å². The normalized spacial score (nSPS) is 12.5. The lowest BCUT2D eigenvalue weighted by Crippen LogP contribution is -2.26. The molecule has 1 aromatic carbocycles. The SMILES string of the molecule is COc1ccc(C(CN(C)C)C(=O)O)cc1F. The summed E-state index contributed by atoms with van der Waals surface area (Å²) >= 11 is 0. The zero-order valence-corrected chi connectivity index (χ0v) is 10.1. The molecule has 1 aromatic rings. The molecule has 0 saturated carbocycles. The second kappa shape index (κ2) is 5.63. The minimum Gasteiger partial charge on any atom is -0.494 e. The molecule has 5 heteroatoms. The van der Waals surface area contributed by atoms with E-state index in [0.717, 1.165) is 0 Å². The Morgan fingerprint density at radius 2 is 2.18 bits per heavy atom. The molecule has 1 rings (SSSR count). The van der Waals surface area contributed by atoms with E-state index in [4.69, 9.17) is 9.84 Å². The van der Waals surface area contributed by atoms with Crippen LogP contribution in [0.4, 0.5) is 4.39 Å². The number of carboxylic acids is 1. The first-order valence-corrected chi connectivity index (χ1v) is 5.16. The van der Waals surface area contributed by atoms with Crippen LogP contribution in [0.2, 0.25) is 0 Å². The van der Waals surface area contributed by atoms with E-state index in [1.807, 2.05) is 0 Å². The average molecular weight is 241 g/mol. The molecule has 0 amide bonds. The van der Waals surface area contributed by atoms with Crippen LogP contribution in [0.1, 0.15) is 11.5 Å². The minimum atomic E-state index is -0.969. The van der Waals surface area contributed by atoms with E-state index in [9.17, 15) is 9.18 Å². The van der Waals surface area contributed by atoms with Crippen LogP contribution in [0, 0.1) is 5.82 Å². The quantitative estimate of drug-likeness (QED) is 0.850. The Labute approximate surface area is 99.6 Å². The van der Waals surface area contributed by atoms with Gasteiger partial charge >= 0.3 is 5.97 Å². The maximum absolute atomic E-state index is 13.5. The van der Waals surface area contributed by atoms with Gasteiger partial charge in [0.2, 0.25) is 0 Å². The van der Waals surface area contributed by atoms with Gasteiger partial charge in [0.1, 0.15) is 0 Å². The molecule has 1 unspecified atom stereocenters. The van der Waals surface area contributed by atoms with E-state index in [1.54, 1.807) is 25.1 Å². The Morgan fingerprint density at radius 3 is 2.59 bits per heavy atom. The number of aliphatic carboxylic acids is 1. The highest BCUT2D eigenvalue weighted by atomic mass is 19.1. The fourth-order valence-electron chi connectivity index (χ4n) is 1.59. The van der Waals surface area contributed by atoms with Crippen molar-refractivity contribution in [3.05, 3.63) is 29.6 Å². The summed E-state index contributed by atoms with van der Waals surface area (Å²) in [5, 5.41) is 9.11. The summed E-state index contributed by atoms with van der Waals surface area (Å²) in [6.45, 7) is 0.321. The van der Waals surface area contributed by atoms with Crippen LogP contribution in [-0.2, 0) is 4.79 Å². The Morgan fingerprint density at radius 1 is 1.53 bits per heavy atom. The molecule has 1 atom stereocenters. The van der Waals surface area contributed by atoms with Gasteiger partial charge in [-0.05, 0) is 31.8 Å². The molecule has 0 spiro atoms. The van der Waals surface area contributed by atoms with Gasteiger partial charge in [-0.25, -0.2) is 4.39 Å². The topological polar surface area (TPSA) is 49.8 Å². The molecule has 17 heavy (non-hydrogen) atoms. The fourth-order valence-corrected chi connectivity index (χ4v) is 1.59. The van der Waals surface area contributed by atoms with Crippen molar-refractivity contribution in [3.8, 4) is 5.75 Å². The Kier molecular flexibility index (Phi) is 4.45. The Hall–Kier alpha value is -1.62. The van der Waals surface area contributed by atoms with Gasteiger partial charge in [0.05, 0.1) is 13.0 Å². The molecule has 0 aliphatic rings. The lowest BCUT2D eigenvalue weighted by Gasteiger charge is -2.18. The maximum atomic E-state index is 13.5. The number of carboxylic acid groups (broad SMARTS) is 1. The molecular weight excluding hydrogens is 225 g/mol. The van der Waals surface area contributed by atoms with Crippen LogP contribution in [0.15, 0.2) is 18.2 Å². The standard InChI is InChI=1S/C12H16FNO3/c1-14(2)7-9(12(15)16)8-4-5-11(17-3)10(13)6-8/h4-6,9H,7H2,1-3H3,(H,15,16). The molecule has 1 N–H and O–H groups in total. The predicted octanol–water partition coefficient (Wildman–Crippen LogP) is 1.56. The molecule has 94 valence electrons. The monoisotopic (exact) mass is 241 g/mol. The fraction of sp³-hybridized carbons (Fsp3) is 0.417. The van der Waals surface area contributed by atoms with E-state index in [0.29, 0.717) is 12.1 Å². The molecule has 0 aromatic heterocycles. The van der Waals surface area contributed by atoms with E-state index < -0.39 is 17.7 Å². The van der Waals surface area contributed by atoms with Gasteiger partial charge < -0.3 is 14.7 Å². The van der Waals surface area contributed by atoms with Crippen LogP contribution in [0.5, 0.6) is 5.75 Å². The molecule has 0 radical (unpaired) electrons. The summed E-state index contributed by atoms with van der Waals surface area (Å²) in [6, 6.07) is 4.22. The summed E-state index contributed by atoms with van der Waals surface area (Å²) < 4.78 is 18.3. The van der Waals surface area contributed by atoms with E-state index in [1.165, 1.54) is 19.2 Å². The van der Waals surface area contributed by atoms with Gasteiger partial charge in [0, 0.05) is 6.54 Å². The number of carbonyl (C=O) groups is 1. The lowest BCUT2D eigenvalue weighted by molar-refractivity contribution is -0.139. The first kappa shape index (κ1) is 13.4. The largest absolute Gasteiger partial charge is 0.494 e. The number of hydrogen-bond acceptors (Lipinski definition) is 3. The number of rotatable bonds is 5. The number of likely N-dealkylation sites (N-methyl/N-ethyl adjacent to an activating group) is 1. The first-order chi connectivity index (χ1) is 7.95. The first-order valence-electron chi connectivity index (χ1n) is 5.16. The van der Waals surface area contributed by atoms with Gasteiger partial charge in [-0.2, -0.15) is 0 Å². The van der Waals surface area contributed by atoms with Crippen LogP contribution in [0.25, 0.3) is 0 Å². The van der Waals surface area contributed by atoms with Gasteiger partial charge in [-0.1, -0.05) is 6.07 Å². The third-order valence-electron chi connectivity index (χ3n) is 2.42. The average Bonchev–Trinajstić information content (AvgIpc) is 2.25. The van der Waals surface area contributed by atoms with Gasteiger partial charge in [-0.3, -0.25) is 4.79 Å². The van der Waals surface area contributed by atoms with E-state index in [2.05, 4.69) is 0 Å². The summed E-state index contributed by atoms with van der Waals surface area (Å²) in [5.74, 6) is -2.15. The number of methoxy groups -OCH3 is 1. The maximum Gasteiger partial charge on any atom is 0.312 e. The Balaban J connectivity index is 3.02. The number of halogens is 1. The van der Waals surface area contributed by atoms with Crippen LogP contribution < -0.4 is 4.74 Å². The summed E-state index contributed by atoms with van der Waals surface area (Å²) in [4.78, 5) is 12.9. The van der Waals surface area contributed by atoms with Crippen LogP contribution in [0.3, 0.4) is 0 Å². The molecule has 0 bridgehead atoms. The number of hydrogen-bond donors (Lipinski definition) is 1. The van der Waals surface area contributed by atoms with Crippen molar-refractivity contribution in [1.29, 1.82) is 0 Å². The highest BCUT2D eigenvalue weighted by Gasteiger charge is 2.21. The summed E-state index contributed by atoms with van der Waals surface area (Å²) in [5.41, 5.74) is 0.435. The second-order valence-electron chi connectivity index (χ2n) is 4.05. The number of benzene rings is 1. The third kappa shape index (κ3) is 3.42. The van der Waals surface area contributed by atoms with Gasteiger partial charge in [-0.15, -0.1) is 0 Å². The van der Waals surface area contributed by atoms with Crippen molar-refractivity contribution >= 4 is 5.97 Å². The zero-order chi connectivity index (χ0) is 13.0. The van der Waals surface area contributed by atoms with E-state index in [-0.39, 0.29) is 5.75 Å². The van der Waals surface area contributed by atoms with Crippen molar-refractivity contribution in [2.24, 2.45) is 0 Å². The molecule has 0 fully saturated rings. The van der Waals surface area contributed by atoms with E-state index >= 15 is 0 Å². The van der Waals surface area contributed by atoms with Gasteiger partial charge in [0.15, 0.2) is 11.6 Å². The van der Waals surface area contributed by atoms with Gasteiger partial charge in [0.25, 0.3) is 0 Å². The lowest BCUT2D eigenvalue weighted by atomic mass is 9.98. The minimum absolute atomic E-state index is 0.114. The van der Waals surface area contributed by atoms with Crippen LogP contribution >= 0.6 is 0 Å². The molecule has 0 aliphatic carbocycles. The smallest absolute Gasteiger partial charge is 0.312 e. The Bertz CT molecular complexity index is 407. The highest BCUT2D eigenvalue weighted by molar-refractivity contribution is 5.76. The second-order valence-corrected chi connectivity index (χ2v) is 4.05. The summed E-state index contributed by atoms with van der Waals surface area (Å²) in [6.07, 6.45) is 0. The molecule has 0 aliphatic heterocycles. The highest BCUT2D eigenvalue weighted by Crippen LogP contribution is 2.23. The molecule has 4 nitrogen and oxygen atoms in total. The van der Waals surface area contributed by atoms with Crippen molar-refractivity contribution in [3.63, 3.8) is 0 Å². The number of nitrogens with zero attached hydrogens (tertiary/aromatic N) is 1. The summed E-state index contributed by atoms with van der Waals surface area (Å²) in [7, 11) is 4.91. The van der Waals surface area contributed by atoms with Crippen molar-refractivity contribution < 1.29 is 19.0 Å². The molecule has 0 saturated heterocycles. The van der Waals surface area contributed by atoms with Crippen molar-refractivity contribution in [2.45, 2.75) is 5.92 Å². The number of ether oxygens (including phenoxy) is 1. The van der Waals surface area contributed by atoms with Crippen molar-refractivity contribution in [2.75, 3.05) is 27.7 Å². The van der Waals surface area contributed by atoms with Crippen molar-refractivity contribution in [1.82, 2.24) is 4.90 Å². The zero-order valence-electron chi connectivity index (χ0n) is 10.1. The molecular formula is C12H16FNO3. The predicted molar refractivity (Wildman–Crippen MR) is 61.9 cm³/mol.